The van der Waals surface area contributed by atoms with E-state index in [0.717, 1.165) is 0 Å². The standard InChI is InChI=1S/C14H16BrClO4/c1-4-19-13(17)9-5-11(15)12(16)6-10(9)14(18)20-7-8(2)3/h5-6,8H,4,7H2,1-3H3. The number of benzene rings is 1. The maximum atomic E-state index is 12.0. The Bertz CT molecular complexity index is 514. The zero-order valence-electron chi connectivity index (χ0n) is 11.5. The SMILES string of the molecule is CCOC(=O)c1cc(Br)c(Cl)cc1C(=O)OCC(C)C. The summed E-state index contributed by atoms with van der Waals surface area (Å²) in [5, 5.41) is 0.328. The molecule has 0 spiro atoms. The van der Waals surface area contributed by atoms with Crippen molar-refractivity contribution in [2.24, 2.45) is 5.92 Å². The van der Waals surface area contributed by atoms with Crippen LogP contribution in [0, 0.1) is 5.92 Å². The van der Waals surface area contributed by atoms with Crippen LogP contribution in [0.5, 0.6) is 0 Å². The first-order chi connectivity index (χ1) is 9.36. The molecule has 0 unspecified atom stereocenters. The second kappa shape index (κ2) is 7.64. The fourth-order valence-corrected chi connectivity index (χ4v) is 1.92. The van der Waals surface area contributed by atoms with Gasteiger partial charge in [-0.3, -0.25) is 0 Å². The molecule has 6 heteroatoms. The van der Waals surface area contributed by atoms with Crippen LogP contribution in [-0.2, 0) is 9.47 Å². The van der Waals surface area contributed by atoms with E-state index < -0.39 is 11.9 Å². The third kappa shape index (κ3) is 4.49. The van der Waals surface area contributed by atoms with Crippen molar-refractivity contribution in [3.8, 4) is 0 Å². The number of ether oxygens (including phenoxy) is 2. The van der Waals surface area contributed by atoms with Gasteiger partial charge < -0.3 is 9.47 Å². The summed E-state index contributed by atoms with van der Waals surface area (Å²) in [4.78, 5) is 23.9. The van der Waals surface area contributed by atoms with Gasteiger partial charge in [-0.15, -0.1) is 0 Å². The van der Waals surface area contributed by atoms with Crippen LogP contribution in [-0.4, -0.2) is 25.2 Å². The van der Waals surface area contributed by atoms with Crippen molar-refractivity contribution >= 4 is 39.5 Å². The van der Waals surface area contributed by atoms with Crippen LogP contribution in [0.4, 0.5) is 0 Å². The number of halogens is 2. The highest BCUT2D eigenvalue weighted by molar-refractivity contribution is 9.10. The van der Waals surface area contributed by atoms with Crippen molar-refractivity contribution in [2.45, 2.75) is 20.8 Å². The van der Waals surface area contributed by atoms with Crippen LogP contribution < -0.4 is 0 Å². The minimum Gasteiger partial charge on any atom is -0.462 e. The first kappa shape index (κ1) is 17.0. The molecule has 0 bridgehead atoms. The summed E-state index contributed by atoms with van der Waals surface area (Å²) in [5.41, 5.74) is 0.245. The molecule has 1 rings (SSSR count). The van der Waals surface area contributed by atoms with Crippen LogP contribution >= 0.6 is 27.5 Å². The maximum Gasteiger partial charge on any atom is 0.339 e. The van der Waals surface area contributed by atoms with Gasteiger partial charge in [-0.1, -0.05) is 25.4 Å². The lowest BCUT2D eigenvalue weighted by atomic mass is 10.1. The molecule has 0 aliphatic rings. The maximum absolute atomic E-state index is 12.0. The van der Waals surface area contributed by atoms with Gasteiger partial charge in [-0.25, -0.2) is 9.59 Å². The van der Waals surface area contributed by atoms with Crippen molar-refractivity contribution in [3.63, 3.8) is 0 Å². The Balaban J connectivity index is 3.12. The molecule has 0 aliphatic carbocycles. The molecule has 4 nitrogen and oxygen atoms in total. The Morgan fingerprint density at radius 2 is 1.75 bits per heavy atom. The molecule has 0 aliphatic heterocycles. The fraction of sp³-hybridized carbons (Fsp3) is 0.429. The summed E-state index contributed by atoms with van der Waals surface area (Å²) >= 11 is 9.19. The van der Waals surface area contributed by atoms with Crippen LogP contribution in [0.15, 0.2) is 16.6 Å². The molecule has 0 saturated heterocycles. The quantitative estimate of drug-likeness (QED) is 0.739. The number of esters is 2. The number of rotatable bonds is 5. The molecule has 0 radical (unpaired) electrons. The summed E-state index contributed by atoms with van der Waals surface area (Å²) in [6.45, 7) is 6.04. The molecular weight excluding hydrogens is 348 g/mol. The Kier molecular flexibility index (Phi) is 6.49. The molecule has 0 N–H and O–H groups in total. The largest absolute Gasteiger partial charge is 0.462 e. The molecular formula is C14H16BrClO4. The zero-order chi connectivity index (χ0) is 15.3. The van der Waals surface area contributed by atoms with E-state index in [0.29, 0.717) is 9.50 Å². The van der Waals surface area contributed by atoms with Crippen molar-refractivity contribution < 1.29 is 19.1 Å². The van der Waals surface area contributed by atoms with Gasteiger partial charge in [0.1, 0.15) is 0 Å². The van der Waals surface area contributed by atoms with E-state index in [-0.39, 0.29) is 30.3 Å². The number of hydrogen-bond acceptors (Lipinski definition) is 4. The lowest BCUT2D eigenvalue weighted by Gasteiger charge is -2.11. The Hall–Kier alpha value is -1.07. The van der Waals surface area contributed by atoms with Gasteiger partial charge in [0.05, 0.1) is 29.4 Å². The van der Waals surface area contributed by atoms with Crippen molar-refractivity contribution in [2.75, 3.05) is 13.2 Å². The molecule has 0 heterocycles. The predicted molar refractivity (Wildman–Crippen MR) is 80.2 cm³/mol. The van der Waals surface area contributed by atoms with E-state index in [4.69, 9.17) is 21.1 Å². The average Bonchev–Trinajstić information content (AvgIpc) is 2.38. The van der Waals surface area contributed by atoms with Crippen molar-refractivity contribution in [3.05, 3.63) is 32.8 Å². The van der Waals surface area contributed by atoms with E-state index in [1.807, 2.05) is 13.8 Å². The Morgan fingerprint density at radius 3 is 2.30 bits per heavy atom. The van der Waals surface area contributed by atoms with Crippen LogP contribution in [0.1, 0.15) is 41.5 Å². The van der Waals surface area contributed by atoms with Gasteiger partial charge in [0.25, 0.3) is 0 Å². The van der Waals surface area contributed by atoms with Gasteiger partial charge in [0, 0.05) is 4.47 Å². The van der Waals surface area contributed by atoms with Crippen LogP contribution in [0.25, 0.3) is 0 Å². The van der Waals surface area contributed by atoms with E-state index in [9.17, 15) is 9.59 Å². The fourth-order valence-electron chi connectivity index (χ4n) is 1.41. The minimum atomic E-state index is -0.587. The second-order valence-electron chi connectivity index (χ2n) is 4.52. The molecule has 0 aromatic heterocycles. The van der Waals surface area contributed by atoms with Crippen LogP contribution in [0.2, 0.25) is 5.02 Å². The van der Waals surface area contributed by atoms with Crippen molar-refractivity contribution in [1.29, 1.82) is 0 Å². The van der Waals surface area contributed by atoms with E-state index >= 15 is 0 Å². The van der Waals surface area contributed by atoms with Gasteiger partial charge in [0.15, 0.2) is 0 Å². The van der Waals surface area contributed by atoms with Gasteiger partial charge >= 0.3 is 11.9 Å². The third-order valence-electron chi connectivity index (χ3n) is 2.32. The number of carbonyl (C=O) groups is 2. The molecule has 0 amide bonds. The van der Waals surface area contributed by atoms with Crippen molar-refractivity contribution in [1.82, 2.24) is 0 Å². The van der Waals surface area contributed by atoms with E-state index in [1.54, 1.807) is 6.92 Å². The zero-order valence-corrected chi connectivity index (χ0v) is 13.9. The summed E-state index contributed by atoms with van der Waals surface area (Å²) in [7, 11) is 0. The molecule has 1 aromatic rings. The topological polar surface area (TPSA) is 52.6 Å². The molecule has 110 valence electrons. The summed E-state index contributed by atoms with van der Waals surface area (Å²) in [6.07, 6.45) is 0. The normalized spacial score (nSPS) is 10.5. The Labute approximate surface area is 131 Å². The molecule has 0 atom stereocenters. The highest BCUT2D eigenvalue weighted by atomic mass is 79.9. The monoisotopic (exact) mass is 362 g/mol. The lowest BCUT2D eigenvalue weighted by Crippen LogP contribution is -2.16. The lowest BCUT2D eigenvalue weighted by molar-refractivity contribution is 0.0435. The predicted octanol–water partition coefficient (Wildman–Crippen LogP) is 4.09. The van der Waals surface area contributed by atoms with Gasteiger partial charge in [-0.2, -0.15) is 0 Å². The number of hydrogen-bond donors (Lipinski definition) is 0. The summed E-state index contributed by atoms with van der Waals surface area (Å²) in [6, 6.07) is 2.87. The minimum absolute atomic E-state index is 0.109. The van der Waals surface area contributed by atoms with Crippen LogP contribution in [0.3, 0.4) is 0 Å². The second-order valence-corrected chi connectivity index (χ2v) is 5.79. The molecule has 20 heavy (non-hydrogen) atoms. The molecule has 0 fully saturated rings. The smallest absolute Gasteiger partial charge is 0.339 e. The third-order valence-corrected chi connectivity index (χ3v) is 3.52. The number of carbonyl (C=O) groups excluding carboxylic acids is 2. The van der Waals surface area contributed by atoms with E-state index in [1.165, 1.54) is 12.1 Å². The van der Waals surface area contributed by atoms with E-state index in [2.05, 4.69) is 15.9 Å². The molecule has 0 saturated carbocycles. The highest BCUT2D eigenvalue weighted by Crippen LogP contribution is 2.27. The van der Waals surface area contributed by atoms with Gasteiger partial charge in [0.2, 0.25) is 0 Å². The first-order valence-corrected chi connectivity index (χ1v) is 7.37. The average molecular weight is 364 g/mol. The summed E-state index contributed by atoms with van der Waals surface area (Å²) in [5.74, 6) is -0.964. The Morgan fingerprint density at radius 1 is 1.20 bits per heavy atom. The van der Waals surface area contributed by atoms with Gasteiger partial charge in [-0.05, 0) is 40.9 Å². The summed E-state index contributed by atoms with van der Waals surface area (Å²) < 4.78 is 10.6. The molecule has 1 aromatic carbocycles. The highest BCUT2D eigenvalue weighted by Gasteiger charge is 2.21. The first-order valence-electron chi connectivity index (χ1n) is 6.20.